The molecule has 6 unspecified atom stereocenters. The molecule has 0 amide bonds. The van der Waals surface area contributed by atoms with Crippen molar-refractivity contribution < 1.29 is 28.6 Å². The lowest BCUT2D eigenvalue weighted by Crippen LogP contribution is -2.36. The highest BCUT2D eigenvalue weighted by molar-refractivity contribution is 6.00. The van der Waals surface area contributed by atoms with Crippen molar-refractivity contribution in [2.24, 2.45) is 53.3 Å². The van der Waals surface area contributed by atoms with Crippen LogP contribution in [0.15, 0.2) is 107 Å². The molecule has 6 aliphatic rings. The van der Waals surface area contributed by atoms with Crippen molar-refractivity contribution >= 4 is 17.3 Å². The van der Waals surface area contributed by atoms with Crippen LogP contribution in [0.1, 0.15) is 83.1 Å². The zero-order valence-corrected chi connectivity index (χ0v) is 32.8. The molecule has 51 heavy (non-hydrogen) atoms. The van der Waals surface area contributed by atoms with Gasteiger partial charge in [0.1, 0.15) is 24.1 Å². The van der Waals surface area contributed by atoms with Crippen molar-refractivity contribution in [2.45, 2.75) is 101 Å². The van der Waals surface area contributed by atoms with Crippen molar-refractivity contribution in [3.8, 4) is 0 Å². The molecule has 276 valence electrons. The van der Waals surface area contributed by atoms with Crippen molar-refractivity contribution in [2.75, 3.05) is 0 Å². The van der Waals surface area contributed by atoms with Crippen LogP contribution in [-0.2, 0) is 28.6 Å². The molecule has 0 aromatic rings. The Hall–Kier alpha value is -3.93. The molecular weight excluding hydrogens is 636 g/mol. The summed E-state index contributed by atoms with van der Waals surface area (Å²) in [5, 5.41) is 0. The maximum absolute atomic E-state index is 12.3. The first-order valence-electron chi connectivity index (χ1n) is 18.9. The van der Waals surface area contributed by atoms with Gasteiger partial charge in [-0.25, -0.2) is 0 Å². The van der Waals surface area contributed by atoms with Gasteiger partial charge in [0.05, 0.1) is 30.3 Å². The van der Waals surface area contributed by atoms with Gasteiger partial charge in [0.15, 0.2) is 17.3 Å². The normalized spacial score (nSPS) is 27.8. The van der Waals surface area contributed by atoms with Crippen LogP contribution in [0.3, 0.4) is 0 Å². The van der Waals surface area contributed by atoms with E-state index in [0.717, 1.165) is 11.3 Å². The molecule has 3 heterocycles. The largest absolute Gasteiger partial charge is 0.492 e. The smallest absolute Gasteiger partial charge is 0.173 e. The first kappa shape index (κ1) is 39.8. The van der Waals surface area contributed by atoms with E-state index < -0.39 is 0 Å². The lowest BCUT2D eigenvalue weighted by atomic mass is 9.77. The number of hydrogen-bond donors (Lipinski definition) is 0. The van der Waals surface area contributed by atoms with Gasteiger partial charge in [-0.2, -0.15) is 0 Å². The van der Waals surface area contributed by atoms with Crippen LogP contribution in [0.5, 0.6) is 0 Å². The molecule has 0 saturated carbocycles. The molecule has 3 aliphatic heterocycles. The number of ether oxygens (including phenoxy) is 3. The topological polar surface area (TPSA) is 78.9 Å². The lowest BCUT2D eigenvalue weighted by Gasteiger charge is -2.34. The Kier molecular flexibility index (Phi) is 13.3. The third-order valence-corrected chi connectivity index (χ3v) is 10.2. The fraction of sp³-hybridized carbons (Fsp3) is 0.533. The summed E-state index contributed by atoms with van der Waals surface area (Å²) in [4.78, 5) is 36.3. The van der Waals surface area contributed by atoms with Crippen LogP contribution in [0.4, 0.5) is 0 Å². The Labute approximate surface area is 306 Å². The van der Waals surface area contributed by atoms with E-state index in [1.807, 2.05) is 39.8 Å². The average Bonchev–Trinajstić information content (AvgIpc) is 3.08. The minimum atomic E-state index is -0.125. The molecule has 0 fully saturated rings. The van der Waals surface area contributed by atoms with Crippen LogP contribution >= 0.6 is 0 Å². The summed E-state index contributed by atoms with van der Waals surface area (Å²) >= 11 is 0. The standard InChI is InChI=1S/3C15H20O2/c1-9(2)11-7-12(10(3)4)15-13(8-11)14(16)5-6-17-15;1-9(2)11-5-6-14-12(7-11)13(16)8-15(17-14)10(3)4;1-9(2)11-5-6-14-12(7-11)15(16)13(8-17-14)10(3)4/h5-10,13,15H,1-4H3;2*5-10,12,14H,1-4H3. The van der Waals surface area contributed by atoms with Gasteiger partial charge in [0.2, 0.25) is 0 Å². The van der Waals surface area contributed by atoms with Gasteiger partial charge in [-0.3, -0.25) is 14.4 Å². The lowest BCUT2D eigenvalue weighted by molar-refractivity contribution is -0.123. The number of fused-ring (bicyclic) bond motifs is 3. The SMILES string of the molecule is CC(C)C1=CC2C(=O)C(C(C)C)=COC2C=C1.CC(C)C1=CC2C(=O)C=C(C(C)C)OC2C=C1.CC(C)C1=CC2C(=O)C=COC2C(C(C)C)=C1. The highest BCUT2D eigenvalue weighted by Crippen LogP contribution is 2.36. The van der Waals surface area contributed by atoms with E-state index in [1.165, 1.54) is 28.6 Å². The Morgan fingerprint density at radius 3 is 1.65 bits per heavy atom. The number of allylic oxidation sites excluding steroid dienone is 10. The zero-order chi connectivity index (χ0) is 37.7. The molecule has 6 heteroatoms. The van der Waals surface area contributed by atoms with Gasteiger partial charge >= 0.3 is 0 Å². The number of ketones is 3. The highest BCUT2D eigenvalue weighted by Gasteiger charge is 2.37. The summed E-state index contributed by atoms with van der Waals surface area (Å²) in [6.07, 6.45) is 22.7. The minimum Gasteiger partial charge on any atom is -0.492 e. The number of carbonyl (C=O) groups excluding carboxylic acids is 3. The highest BCUT2D eigenvalue weighted by atomic mass is 16.5. The monoisotopic (exact) mass is 696 g/mol. The summed E-state index contributed by atoms with van der Waals surface area (Å²) in [7, 11) is 0. The second kappa shape index (κ2) is 17.1. The quantitative estimate of drug-likeness (QED) is 0.275. The van der Waals surface area contributed by atoms with Gasteiger partial charge in [0.25, 0.3) is 0 Å². The van der Waals surface area contributed by atoms with E-state index in [4.69, 9.17) is 14.2 Å². The summed E-state index contributed by atoms with van der Waals surface area (Å²) in [6.45, 7) is 25.3. The van der Waals surface area contributed by atoms with Crippen molar-refractivity contribution in [3.63, 3.8) is 0 Å². The van der Waals surface area contributed by atoms with E-state index in [9.17, 15) is 14.4 Å². The zero-order valence-electron chi connectivity index (χ0n) is 32.8. The summed E-state index contributed by atoms with van der Waals surface area (Å²) in [5.74, 6) is 3.24. The third-order valence-electron chi connectivity index (χ3n) is 10.2. The molecule has 0 saturated heterocycles. The molecule has 6 atom stereocenters. The molecule has 6 nitrogen and oxygen atoms in total. The molecular formula is C45H60O6. The second-order valence-electron chi connectivity index (χ2n) is 16.2. The Bertz CT molecular complexity index is 1610. The minimum absolute atomic E-state index is 0.0880. The first-order chi connectivity index (χ1) is 24.0. The van der Waals surface area contributed by atoms with Gasteiger partial charge in [-0.15, -0.1) is 0 Å². The molecule has 0 aromatic heterocycles. The Morgan fingerprint density at radius 1 is 0.529 bits per heavy atom. The maximum atomic E-state index is 12.3. The fourth-order valence-corrected chi connectivity index (χ4v) is 6.78. The number of hydrogen-bond acceptors (Lipinski definition) is 6. The fourth-order valence-electron chi connectivity index (χ4n) is 6.78. The van der Waals surface area contributed by atoms with Gasteiger partial charge in [-0.1, -0.05) is 120 Å². The van der Waals surface area contributed by atoms with Crippen LogP contribution in [0.25, 0.3) is 0 Å². The van der Waals surface area contributed by atoms with Crippen LogP contribution in [0, 0.1) is 53.3 Å². The van der Waals surface area contributed by atoms with Crippen molar-refractivity contribution in [1.29, 1.82) is 0 Å². The van der Waals surface area contributed by atoms with Crippen LogP contribution in [-0.4, -0.2) is 35.7 Å². The van der Waals surface area contributed by atoms with E-state index in [0.29, 0.717) is 23.7 Å². The maximum Gasteiger partial charge on any atom is 0.173 e. The van der Waals surface area contributed by atoms with Gasteiger partial charge in [-0.05, 0) is 64.0 Å². The van der Waals surface area contributed by atoms with Crippen molar-refractivity contribution in [1.82, 2.24) is 0 Å². The average molecular weight is 697 g/mol. The van der Waals surface area contributed by atoms with E-state index in [-0.39, 0.29) is 65.3 Å². The summed E-state index contributed by atoms with van der Waals surface area (Å²) in [5.41, 5.74) is 5.75. The number of carbonyl (C=O) groups is 3. The van der Waals surface area contributed by atoms with Crippen molar-refractivity contribution in [3.05, 3.63) is 107 Å². The molecule has 0 N–H and O–H groups in total. The van der Waals surface area contributed by atoms with Crippen LogP contribution in [0.2, 0.25) is 0 Å². The summed E-state index contributed by atoms with van der Waals surface area (Å²) < 4.78 is 17.1. The predicted octanol–water partition coefficient (Wildman–Crippen LogP) is 9.79. The van der Waals surface area contributed by atoms with Crippen LogP contribution < -0.4 is 0 Å². The number of rotatable bonds is 6. The molecule has 6 rings (SSSR count). The third kappa shape index (κ3) is 9.50. The Morgan fingerprint density at radius 2 is 1.10 bits per heavy atom. The van der Waals surface area contributed by atoms with E-state index >= 15 is 0 Å². The predicted molar refractivity (Wildman–Crippen MR) is 205 cm³/mol. The number of Topliss-reactive ketones (excluding diaryl/α,β-unsaturated/α-hetero) is 1. The summed E-state index contributed by atoms with van der Waals surface area (Å²) in [6, 6.07) is 0. The van der Waals surface area contributed by atoms with Gasteiger partial charge in [0, 0.05) is 23.6 Å². The molecule has 0 bridgehead atoms. The van der Waals surface area contributed by atoms with E-state index in [2.05, 4.69) is 91.8 Å². The first-order valence-corrected chi connectivity index (χ1v) is 18.9. The van der Waals surface area contributed by atoms with Gasteiger partial charge < -0.3 is 14.2 Å². The van der Waals surface area contributed by atoms with E-state index in [1.54, 1.807) is 18.4 Å². The second-order valence-corrected chi connectivity index (χ2v) is 16.2. The Balaban J connectivity index is 0.000000172. The molecule has 0 spiro atoms. The molecule has 0 radical (unpaired) electrons. The molecule has 3 aliphatic carbocycles. The molecule has 0 aromatic carbocycles.